The second-order valence-corrected chi connectivity index (χ2v) is 5.07. The number of pyridine rings is 1. The van der Waals surface area contributed by atoms with Crippen LogP contribution >= 0.6 is 0 Å². The van der Waals surface area contributed by atoms with Crippen LogP contribution in [0.4, 0.5) is 5.82 Å². The fraction of sp³-hybridized carbons (Fsp3) is 0.400. The Morgan fingerprint density at radius 1 is 1.35 bits per heavy atom. The Bertz CT molecular complexity index is 588. The Morgan fingerprint density at radius 3 is 3.00 bits per heavy atom. The van der Waals surface area contributed by atoms with E-state index in [1.165, 1.54) is 0 Å². The summed E-state index contributed by atoms with van der Waals surface area (Å²) in [6.45, 7) is 2.65. The lowest BCUT2D eigenvalue weighted by molar-refractivity contribution is 0.284. The summed E-state index contributed by atoms with van der Waals surface area (Å²) in [5, 5.41) is 0. The van der Waals surface area contributed by atoms with Crippen molar-refractivity contribution in [3.63, 3.8) is 0 Å². The molecule has 3 rings (SSSR count). The van der Waals surface area contributed by atoms with Crippen LogP contribution in [0.1, 0.15) is 30.8 Å². The molecule has 1 fully saturated rings. The second-order valence-electron chi connectivity index (χ2n) is 5.07. The SMILES string of the molecule is CCc1nc(N)cc(OCC2CC2c2ccccn2)n1. The monoisotopic (exact) mass is 270 g/mol. The van der Waals surface area contributed by atoms with Crippen LogP contribution in [-0.4, -0.2) is 21.6 Å². The highest BCUT2D eigenvalue weighted by Gasteiger charge is 2.39. The highest BCUT2D eigenvalue weighted by Crippen LogP contribution is 2.46. The molecule has 2 heterocycles. The van der Waals surface area contributed by atoms with Crippen molar-refractivity contribution in [2.45, 2.75) is 25.7 Å². The van der Waals surface area contributed by atoms with Crippen molar-refractivity contribution in [3.05, 3.63) is 42.0 Å². The van der Waals surface area contributed by atoms with Crippen LogP contribution in [0, 0.1) is 5.92 Å². The number of aromatic nitrogens is 3. The van der Waals surface area contributed by atoms with E-state index in [2.05, 4.69) is 21.0 Å². The second kappa shape index (κ2) is 5.45. The Labute approximate surface area is 118 Å². The summed E-state index contributed by atoms with van der Waals surface area (Å²) >= 11 is 0. The van der Waals surface area contributed by atoms with Gasteiger partial charge in [-0.05, 0) is 18.6 Å². The number of nitrogens with zero attached hydrogens (tertiary/aromatic N) is 3. The van der Waals surface area contributed by atoms with Crippen molar-refractivity contribution in [2.24, 2.45) is 5.92 Å². The summed E-state index contributed by atoms with van der Waals surface area (Å²) in [6, 6.07) is 7.71. The number of hydrogen-bond acceptors (Lipinski definition) is 5. The molecule has 2 atom stereocenters. The summed E-state index contributed by atoms with van der Waals surface area (Å²) < 4.78 is 5.75. The zero-order valence-electron chi connectivity index (χ0n) is 11.5. The molecule has 0 bridgehead atoms. The van der Waals surface area contributed by atoms with Crippen LogP contribution in [0.5, 0.6) is 5.88 Å². The van der Waals surface area contributed by atoms with E-state index in [4.69, 9.17) is 10.5 Å². The normalized spacial score (nSPS) is 20.6. The number of aryl methyl sites for hydroxylation is 1. The van der Waals surface area contributed by atoms with Crippen LogP contribution in [0.15, 0.2) is 30.5 Å². The summed E-state index contributed by atoms with van der Waals surface area (Å²) in [4.78, 5) is 12.8. The maximum Gasteiger partial charge on any atom is 0.218 e. The molecule has 1 aliphatic carbocycles. The molecular weight excluding hydrogens is 252 g/mol. The van der Waals surface area contributed by atoms with Gasteiger partial charge in [-0.1, -0.05) is 13.0 Å². The van der Waals surface area contributed by atoms with Gasteiger partial charge in [0.25, 0.3) is 0 Å². The molecule has 104 valence electrons. The van der Waals surface area contributed by atoms with Gasteiger partial charge >= 0.3 is 0 Å². The van der Waals surface area contributed by atoms with Crippen molar-refractivity contribution >= 4 is 5.82 Å². The fourth-order valence-corrected chi connectivity index (χ4v) is 2.31. The fourth-order valence-electron chi connectivity index (χ4n) is 2.31. The summed E-state index contributed by atoms with van der Waals surface area (Å²) in [5.74, 6) is 2.79. The van der Waals surface area contributed by atoms with Crippen LogP contribution in [0.2, 0.25) is 0 Å². The zero-order valence-corrected chi connectivity index (χ0v) is 11.5. The molecule has 0 saturated heterocycles. The third-order valence-corrected chi connectivity index (χ3v) is 3.52. The number of nitrogen functional groups attached to an aromatic ring is 1. The Balaban J connectivity index is 1.58. The quantitative estimate of drug-likeness (QED) is 0.901. The van der Waals surface area contributed by atoms with Gasteiger partial charge in [-0.25, -0.2) is 4.98 Å². The average Bonchev–Trinajstić information content (AvgIpc) is 3.25. The van der Waals surface area contributed by atoms with Crippen LogP contribution in [-0.2, 0) is 6.42 Å². The average molecular weight is 270 g/mol. The van der Waals surface area contributed by atoms with E-state index < -0.39 is 0 Å². The van der Waals surface area contributed by atoms with Crippen LogP contribution in [0.25, 0.3) is 0 Å². The number of rotatable bonds is 5. The predicted molar refractivity (Wildman–Crippen MR) is 76.4 cm³/mol. The van der Waals surface area contributed by atoms with Crippen molar-refractivity contribution in [3.8, 4) is 5.88 Å². The van der Waals surface area contributed by atoms with E-state index in [0.29, 0.717) is 30.1 Å². The lowest BCUT2D eigenvalue weighted by Gasteiger charge is -2.07. The minimum atomic E-state index is 0.462. The topological polar surface area (TPSA) is 73.9 Å². The molecule has 2 unspecified atom stereocenters. The molecule has 0 spiro atoms. The molecule has 0 aromatic carbocycles. The summed E-state index contributed by atoms with van der Waals surface area (Å²) in [6.07, 6.45) is 3.71. The first kappa shape index (κ1) is 12.8. The van der Waals surface area contributed by atoms with Crippen molar-refractivity contribution in [1.29, 1.82) is 0 Å². The predicted octanol–water partition coefficient (Wildman–Crippen LogP) is 2.20. The lowest BCUT2D eigenvalue weighted by atomic mass is 10.2. The van der Waals surface area contributed by atoms with E-state index in [1.807, 2.05) is 25.3 Å². The minimum Gasteiger partial charge on any atom is -0.477 e. The first-order valence-electron chi connectivity index (χ1n) is 6.93. The third kappa shape index (κ3) is 2.87. The van der Waals surface area contributed by atoms with E-state index >= 15 is 0 Å². The van der Waals surface area contributed by atoms with Gasteiger partial charge in [0.2, 0.25) is 5.88 Å². The lowest BCUT2D eigenvalue weighted by Crippen LogP contribution is -2.06. The van der Waals surface area contributed by atoms with Crippen molar-refractivity contribution < 1.29 is 4.74 Å². The molecule has 5 nitrogen and oxygen atoms in total. The number of ether oxygens (including phenoxy) is 1. The maximum atomic E-state index is 5.75. The number of nitrogens with two attached hydrogens (primary N) is 1. The van der Waals surface area contributed by atoms with Gasteiger partial charge in [-0.15, -0.1) is 0 Å². The molecular formula is C15H18N4O. The highest BCUT2D eigenvalue weighted by molar-refractivity contribution is 5.33. The first-order valence-corrected chi connectivity index (χ1v) is 6.93. The first-order chi connectivity index (χ1) is 9.76. The molecule has 5 heteroatoms. The van der Waals surface area contributed by atoms with Crippen LogP contribution < -0.4 is 10.5 Å². The molecule has 0 aliphatic heterocycles. The molecule has 0 radical (unpaired) electrons. The van der Waals surface area contributed by atoms with E-state index in [-0.39, 0.29) is 0 Å². The van der Waals surface area contributed by atoms with Gasteiger partial charge in [-0.2, -0.15) is 4.98 Å². The molecule has 0 amide bonds. The third-order valence-electron chi connectivity index (χ3n) is 3.52. The molecule has 2 aromatic heterocycles. The van der Waals surface area contributed by atoms with Gasteiger partial charge in [0, 0.05) is 36.2 Å². The van der Waals surface area contributed by atoms with Gasteiger partial charge < -0.3 is 10.5 Å². The van der Waals surface area contributed by atoms with Crippen molar-refractivity contribution in [1.82, 2.24) is 15.0 Å². The van der Waals surface area contributed by atoms with Gasteiger partial charge in [0.15, 0.2) is 0 Å². The molecule has 20 heavy (non-hydrogen) atoms. The zero-order chi connectivity index (χ0) is 13.9. The minimum absolute atomic E-state index is 0.462. The Kier molecular flexibility index (Phi) is 3.50. The maximum absolute atomic E-state index is 5.75. The molecule has 2 aromatic rings. The number of anilines is 1. The molecule has 2 N–H and O–H groups in total. The van der Waals surface area contributed by atoms with Crippen LogP contribution in [0.3, 0.4) is 0 Å². The van der Waals surface area contributed by atoms with Gasteiger partial charge in [0.05, 0.1) is 6.61 Å². The van der Waals surface area contributed by atoms with E-state index in [9.17, 15) is 0 Å². The Morgan fingerprint density at radius 2 is 2.25 bits per heavy atom. The van der Waals surface area contributed by atoms with Gasteiger partial charge in [0.1, 0.15) is 11.6 Å². The Hall–Kier alpha value is -2.17. The highest BCUT2D eigenvalue weighted by atomic mass is 16.5. The summed E-state index contributed by atoms with van der Waals surface area (Å²) in [7, 11) is 0. The van der Waals surface area contributed by atoms with Gasteiger partial charge in [-0.3, -0.25) is 4.98 Å². The van der Waals surface area contributed by atoms with E-state index in [1.54, 1.807) is 6.07 Å². The summed E-state index contributed by atoms with van der Waals surface area (Å²) in [5.41, 5.74) is 6.88. The smallest absolute Gasteiger partial charge is 0.218 e. The van der Waals surface area contributed by atoms with E-state index in [0.717, 1.165) is 24.4 Å². The van der Waals surface area contributed by atoms with Crippen molar-refractivity contribution in [2.75, 3.05) is 12.3 Å². The molecule has 1 saturated carbocycles. The number of hydrogen-bond donors (Lipinski definition) is 1. The standard InChI is InChI=1S/C15H18N4O/c1-2-14-18-13(16)8-15(19-14)20-9-10-7-11(10)12-5-3-4-6-17-12/h3-6,8,10-11H,2,7,9H2,1H3,(H2,16,18,19). The largest absolute Gasteiger partial charge is 0.477 e. The molecule has 1 aliphatic rings.